The molecule has 3 heteroatoms. The molecule has 1 atom stereocenters. The maximum Gasteiger partial charge on any atom is -0.0253 e. The number of rotatable bonds is 2. The summed E-state index contributed by atoms with van der Waals surface area (Å²) in [7, 11) is 0. The van der Waals surface area contributed by atoms with Crippen LogP contribution in [0.2, 0.25) is 0 Å². The zero-order valence-electron chi connectivity index (χ0n) is 22.3. The van der Waals surface area contributed by atoms with E-state index in [1.807, 2.05) is 36.4 Å². The van der Waals surface area contributed by atoms with Crippen LogP contribution in [0.25, 0.3) is 11.1 Å². The van der Waals surface area contributed by atoms with Gasteiger partial charge in [0.15, 0.2) is 0 Å². The Morgan fingerprint density at radius 3 is 2.06 bits per heavy atom. The number of benzene rings is 3. The minimum atomic E-state index is 0. The van der Waals surface area contributed by atoms with Crippen LogP contribution < -0.4 is 0 Å². The minimum Gasteiger partial charge on any atom is -0.358 e. The Labute approximate surface area is 248 Å². The Morgan fingerprint density at radius 1 is 0.889 bits per heavy atom. The second-order valence-electron chi connectivity index (χ2n) is 9.05. The summed E-state index contributed by atoms with van der Waals surface area (Å²) in [4.78, 5) is 0. The van der Waals surface area contributed by atoms with Crippen molar-refractivity contribution in [3.05, 3.63) is 127 Å². The van der Waals surface area contributed by atoms with Gasteiger partial charge in [0, 0.05) is 0 Å². The molecule has 3 aromatic rings. The number of hydrogen-bond donors (Lipinski definition) is 0. The van der Waals surface area contributed by atoms with Crippen molar-refractivity contribution >= 4 is 29.0 Å². The zero-order valence-corrected chi connectivity index (χ0v) is 26.4. The summed E-state index contributed by atoms with van der Waals surface area (Å²) < 4.78 is 3.34. The molecule has 0 aliphatic heterocycles. The Balaban J connectivity index is 0. The molecule has 2 aliphatic rings. The maximum atomic E-state index is 3.40. The van der Waals surface area contributed by atoms with Gasteiger partial charge < -0.3 is 7.43 Å². The maximum absolute atomic E-state index is 3.40. The van der Waals surface area contributed by atoms with Crippen molar-refractivity contribution in [3.8, 4) is 11.1 Å². The van der Waals surface area contributed by atoms with E-state index in [0.29, 0.717) is 11.3 Å². The van der Waals surface area contributed by atoms with Gasteiger partial charge in [-0.05, 0) is 6.42 Å². The Morgan fingerprint density at radius 2 is 1.53 bits per heavy atom. The van der Waals surface area contributed by atoms with Gasteiger partial charge in [0.05, 0.1) is 0 Å². The predicted octanol–water partition coefficient (Wildman–Crippen LogP) is 9.55. The zero-order chi connectivity index (χ0) is 24.1. The van der Waals surface area contributed by atoms with E-state index in [1.165, 1.54) is 64.9 Å². The van der Waals surface area contributed by atoms with E-state index in [2.05, 4.69) is 98.7 Å². The summed E-state index contributed by atoms with van der Waals surface area (Å²) in [5.41, 5.74) is 7.26. The fraction of sp³-hybridized carbons (Fsp3) is 0.273. The van der Waals surface area contributed by atoms with Crippen molar-refractivity contribution in [1.82, 2.24) is 0 Å². The first-order chi connectivity index (χ1) is 16.0. The fourth-order valence-electron chi connectivity index (χ4n) is 3.79. The third-order valence-corrected chi connectivity index (χ3v) is 5.52. The Bertz CT molecular complexity index is 963. The van der Waals surface area contributed by atoms with Crippen LogP contribution in [0, 0.1) is 37.0 Å². The van der Waals surface area contributed by atoms with Gasteiger partial charge in [-0.15, -0.1) is 30.4 Å². The molecule has 0 bridgehead atoms. The minimum absolute atomic E-state index is 0. The third kappa shape index (κ3) is 11.7. The van der Waals surface area contributed by atoms with Gasteiger partial charge in [0.1, 0.15) is 0 Å². The molecule has 36 heavy (non-hydrogen) atoms. The van der Waals surface area contributed by atoms with Crippen LogP contribution in [-0.2, 0) is 30.7 Å². The molecule has 0 heterocycles. The molecular weight excluding hydrogens is 558 g/mol. The SMILES string of the molecule is CCCC1[C-]=CC(C(C)(C)C)=C1.Cl.Cl.[CH2]=[Zr].[CH3-].[c-]1cccc2c1Cc1ccccc1-2.[c-]1ccccc1. The number of halogens is 2. The number of allylic oxidation sites excluding steroid dienone is 4. The van der Waals surface area contributed by atoms with Gasteiger partial charge >= 0.3 is 28.4 Å². The van der Waals surface area contributed by atoms with E-state index < -0.39 is 0 Å². The largest absolute Gasteiger partial charge is 0.358 e. The molecule has 0 saturated carbocycles. The Hall–Kier alpha value is -1.53. The standard InChI is InChI=1S/C13H9.C12H19.C6H5.CH3.CH2.2ClH.Zr/c1-3-7-12-10(5-1)9-11-6-2-4-8-13(11)12;1-5-6-10-7-8-11(9-10)12(2,3)4;1-2-4-6-5-3-1;;;;;/h1-5,7-8H,9H2;8-10H,5-6H2,1-4H3;1-5H;1H3;1H2;2*1H;/q4*-1;;;;. The van der Waals surface area contributed by atoms with Crippen LogP contribution in [0.4, 0.5) is 0 Å². The molecule has 194 valence electrons. The molecule has 0 saturated heterocycles. The van der Waals surface area contributed by atoms with Gasteiger partial charge in [-0.1, -0.05) is 87.3 Å². The van der Waals surface area contributed by atoms with Crippen LogP contribution in [0.15, 0.2) is 90.5 Å². The summed E-state index contributed by atoms with van der Waals surface area (Å²) in [5, 5.41) is 0. The second-order valence-corrected chi connectivity index (χ2v) is 9.05. The summed E-state index contributed by atoms with van der Waals surface area (Å²) in [6.45, 7) is 8.99. The van der Waals surface area contributed by atoms with E-state index in [1.54, 1.807) is 0 Å². The molecule has 0 fully saturated rings. The quantitative estimate of drug-likeness (QED) is 0.202. The van der Waals surface area contributed by atoms with E-state index in [4.69, 9.17) is 0 Å². The monoisotopic (exact) mass is 596 g/mol. The van der Waals surface area contributed by atoms with Crippen molar-refractivity contribution in [1.29, 1.82) is 0 Å². The molecule has 0 aromatic heterocycles. The van der Waals surface area contributed by atoms with Gasteiger partial charge in [-0.3, -0.25) is 6.08 Å². The summed E-state index contributed by atoms with van der Waals surface area (Å²) in [6.07, 6.45) is 11.5. The average Bonchev–Trinajstić information content (AvgIpc) is 3.48. The number of fused-ring (bicyclic) bond motifs is 3. The fourth-order valence-corrected chi connectivity index (χ4v) is 3.79. The van der Waals surface area contributed by atoms with Crippen molar-refractivity contribution in [3.63, 3.8) is 0 Å². The van der Waals surface area contributed by atoms with E-state index in [0.717, 1.165) is 6.42 Å². The van der Waals surface area contributed by atoms with Crippen LogP contribution in [0.1, 0.15) is 51.7 Å². The topological polar surface area (TPSA) is 0 Å². The molecule has 0 nitrogen and oxygen atoms in total. The van der Waals surface area contributed by atoms with Gasteiger partial charge in [-0.25, -0.2) is 6.08 Å². The molecule has 0 spiro atoms. The summed E-state index contributed by atoms with van der Waals surface area (Å²) >= 11 is 1.30. The van der Waals surface area contributed by atoms with Gasteiger partial charge in [0.25, 0.3) is 0 Å². The molecule has 0 radical (unpaired) electrons. The van der Waals surface area contributed by atoms with Crippen molar-refractivity contribution in [2.45, 2.75) is 47.0 Å². The van der Waals surface area contributed by atoms with Crippen molar-refractivity contribution in [2.24, 2.45) is 11.3 Å². The second kappa shape index (κ2) is 19.6. The molecule has 0 N–H and O–H groups in total. The first-order valence-corrected chi connectivity index (χ1v) is 13.4. The average molecular weight is 599 g/mol. The Kier molecular flexibility index (Phi) is 19.9. The third-order valence-electron chi connectivity index (χ3n) is 5.52. The summed E-state index contributed by atoms with van der Waals surface area (Å²) in [5.74, 6) is 0.587. The van der Waals surface area contributed by atoms with E-state index >= 15 is 0 Å². The molecule has 1 unspecified atom stereocenters. The smallest absolute Gasteiger partial charge is 0.0253 e. The normalized spacial score (nSPS) is 13.5. The first-order valence-electron chi connectivity index (χ1n) is 11.6. The van der Waals surface area contributed by atoms with Crippen LogP contribution in [0.3, 0.4) is 0 Å². The summed E-state index contributed by atoms with van der Waals surface area (Å²) in [6, 6.07) is 30.6. The molecule has 2 aliphatic carbocycles. The van der Waals surface area contributed by atoms with Crippen molar-refractivity contribution < 1.29 is 24.2 Å². The molecule has 5 rings (SSSR count). The molecule has 3 aromatic carbocycles. The number of hydrogen-bond acceptors (Lipinski definition) is 0. The van der Waals surface area contributed by atoms with Gasteiger partial charge in [-0.2, -0.15) is 77.9 Å². The van der Waals surface area contributed by atoms with Crippen LogP contribution >= 0.6 is 24.8 Å². The molecule has 0 amide bonds. The van der Waals surface area contributed by atoms with E-state index in [9.17, 15) is 0 Å². The van der Waals surface area contributed by atoms with E-state index in [-0.39, 0.29) is 32.2 Å². The first kappa shape index (κ1) is 36.6. The molecular formula is C33H40Cl2Zr-4. The predicted molar refractivity (Wildman–Crippen MR) is 161 cm³/mol. The van der Waals surface area contributed by atoms with Crippen LogP contribution in [0.5, 0.6) is 0 Å². The van der Waals surface area contributed by atoms with Crippen molar-refractivity contribution in [2.75, 3.05) is 0 Å². The van der Waals surface area contributed by atoms with Gasteiger partial charge in [0.2, 0.25) is 0 Å². The van der Waals surface area contributed by atoms with Crippen LogP contribution in [-0.4, -0.2) is 4.21 Å².